The lowest BCUT2D eigenvalue weighted by Crippen LogP contribution is -2.29. The highest BCUT2D eigenvalue weighted by molar-refractivity contribution is 5.77. The fourth-order valence-electron chi connectivity index (χ4n) is 1.64. The molecule has 0 spiro atoms. The fourth-order valence-corrected chi connectivity index (χ4v) is 1.64. The first-order chi connectivity index (χ1) is 9.71. The molecule has 0 radical (unpaired) electrons. The smallest absolute Gasteiger partial charge is 0.257 e. The van der Waals surface area contributed by atoms with E-state index in [4.69, 9.17) is 14.6 Å². The Kier molecular flexibility index (Phi) is 7.50. The number of unbranched alkanes of at least 4 members (excludes halogenated alkanes) is 1. The second-order valence-electron chi connectivity index (χ2n) is 4.36. The van der Waals surface area contributed by atoms with Gasteiger partial charge in [-0.25, -0.2) is 0 Å². The normalized spacial score (nSPS) is 10.2. The Balaban J connectivity index is 2.55. The Hall–Kier alpha value is -1.75. The van der Waals surface area contributed by atoms with Crippen LogP contribution in [-0.2, 0) is 11.4 Å². The molecular weight excluding hydrogens is 258 g/mol. The Bertz CT molecular complexity index is 420. The summed E-state index contributed by atoms with van der Waals surface area (Å²) < 4.78 is 10.9. The molecule has 1 aromatic rings. The number of carbonyl (C=O) groups excluding carboxylic acids is 1. The Morgan fingerprint density at radius 1 is 1.25 bits per heavy atom. The van der Waals surface area contributed by atoms with Crippen molar-refractivity contribution in [2.75, 3.05) is 19.8 Å². The summed E-state index contributed by atoms with van der Waals surface area (Å²) >= 11 is 0. The van der Waals surface area contributed by atoms with Gasteiger partial charge >= 0.3 is 0 Å². The monoisotopic (exact) mass is 281 g/mol. The van der Waals surface area contributed by atoms with Crippen LogP contribution in [0.3, 0.4) is 0 Å². The van der Waals surface area contributed by atoms with E-state index < -0.39 is 0 Å². The summed E-state index contributed by atoms with van der Waals surface area (Å²) in [5.41, 5.74) is 0.744. The number of hydrogen-bond donors (Lipinski definition) is 2. The minimum atomic E-state index is -0.146. The standard InChI is InChI=1S/C15H23NO4/c1-3-5-8-16-15(18)11-20-13-7-6-12(10-17)9-14(13)19-4-2/h6-7,9,17H,3-5,8,10-11H2,1-2H3,(H,16,18). The molecule has 1 amide bonds. The average Bonchev–Trinajstić information content (AvgIpc) is 2.46. The van der Waals surface area contributed by atoms with Crippen molar-refractivity contribution in [3.63, 3.8) is 0 Å². The fraction of sp³-hybridized carbons (Fsp3) is 0.533. The predicted molar refractivity (Wildman–Crippen MR) is 76.9 cm³/mol. The van der Waals surface area contributed by atoms with Crippen LogP contribution in [0.25, 0.3) is 0 Å². The number of ether oxygens (including phenoxy) is 2. The van der Waals surface area contributed by atoms with Gasteiger partial charge < -0.3 is 19.9 Å². The van der Waals surface area contributed by atoms with Crippen LogP contribution >= 0.6 is 0 Å². The van der Waals surface area contributed by atoms with E-state index in [1.807, 2.05) is 6.92 Å². The van der Waals surface area contributed by atoms with Gasteiger partial charge in [0.1, 0.15) is 0 Å². The van der Waals surface area contributed by atoms with Gasteiger partial charge in [0.05, 0.1) is 13.2 Å². The van der Waals surface area contributed by atoms with Crippen LogP contribution in [0.4, 0.5) is 0 Å². The van der Waals surface area contributed by atoms with Crippen molar-refractivity contribution in [3.8, 4) is 11.5 Å². The molecule has 5 heteroatoms. The molecule has 0 aliphatic rings. The zero-order chi connectivity index (χ0) is 14.8. The number of amides is 1. The molecule has 2 N–H and O–H groups in total. The molecule has 0 unspecified atom stereocenters. The largest absolute Gasteiger partial charge is 0.490 e. The molecule has 0 aromatic heterocycles. The van der Waals surface area contributed by atoms with Crippen LogP contribution < -0.4 is 14.8 Å². The summed E-state index contributed by atoms with van der Waals surface area (Å²) in [5, 5.41) is 11.9. The zero-order valence-corrected chi connectivity index (χ0v) is 12.1. The van der Waals surface area contributed by atoms with E-state index >= 15 is 0 Å². The molecule has 0 aliphatic heterocycles. The number of nitrogens with one attached hydrogen (secondary N) is 1. The molecule has 0 atom stereocenters. The van der Waals surface area contributed by atoms with Crippen molar-refractivity contribution in [1.29, 1.82) is 0 Å². The molecular formula is C15H23NO4. The van der Waals surface area contributed by atoms with E-state index in [1.165, 1.54) is 0 Å². The summed E-state index contributed by atoms with van der Waals surface area (Å²) in [4.78, 5) is 11.6. The van der Waals surface area contributed by atoms with Gasteiger partial charge in [0, 0.05) is 6.54 Å². The van der Waals surface area contributed by atoms with Gasteiger partial charge in [-0.05, 0) is 31.0 Å². The van der Waals surface area contributed by atoms with E-state index in [2.05, 4.69) is 12.2 Å². The van der Waals surface area contributed by atoms with Crippen molar-refractivity contribution < 1.29 is 19.4 Å². The summed E-state index contributed by atoms with van der Waals surface area (Å²) in [5.74, 6) is 0.905. The quantitative estimate of drug-likeness (QED) is 0.678. The van der Waals surface area contributed by atoms with E-state index in [0.29, 0.717) is 24.7 Å². The summed E-state index contributed by atoms with van der Waals surface area (Å²) in [7, 11) is 0. The van der Waals surface area contributed by atoms with Crippen LogP contribution in [-0.4, -0.2) is 30.8 Å². The number of rotatable bonds is 9. The highest BCUT2D eigenvalue weighted by atomic mass is 16.5. The second-order valence-corrected chi connectivity index (χ2v) is 4.36. The number of aliphatic hydroxyl groups excluding tert-OH is 1. The zero-order valence-electron chi connectivity index (χ0n) is 12.1. The molecule has 0 saturated heterocycles. The molecule has 0 bridgehead atoms. The average molecular weight is 281 g/mol. The molecule has 20 heavy (non-hydrogen) atoms. The third kappa shape index (κ3) is 5.48. The van der Waals surface area contributed by atoms with Gasteiger partial charge in [-0.2, -0.15) is 0 Å². The van der Waals surface area contributed by atoms with Crippen molar-refractivity contribution in [1.82, 2.24) is 5.32 Å². The maximum Gasteiger partial charge on any atom is 0.257 e. The van der Waals surface area contributed by atoms with Crippen molar-refractivity contribution in [2.24, 2.45) is 0 Å². The van der Waals surface area contributed by atoms with Gasteiger partial charge in [0.25, 0.3) is 5.91 Å². The number of carbonyl (C=O) groups is 1. The van der Waals surface area contributed by atoms with Gasteiger partial charge in [0.15, 0.2) is 18.1 Å². The Morgan fingerprint density at radius 3 is 2.70 bits per heavy atom. The summed E-state index contributed by atoms with van der Waals surface area (Å²) in [6, 6.07) is 5.16. The van der Waals surface area contributed by atoms with Gasteiger partial charge in [-0.15, -0.1) is 0 Å². The lowest BCUT2D eigenvalue weighted by Gasteiger charge is -2.13. The van der Waals surface area contributed by atoms with Crippen molar-refractivity contribution in [2.45, 2.75) is 33.3 Å². The molecule has 1 aromatic carbocycles. The van der Waals surface area contributed by atoms with Gasteiger partial charge in [-0.1, -0.05) is 19.4 Å². The topological polar surface area (TPSA) is 67.8 Å². The Morgan fingerprint density at radius 2 is 2.05 bits per heavy atom. The SMILES string of the molecule is CCCCNC(=O)COc1ccc(CO)cc1OCC. The number of benzene rings is 1. The molecule has 0 heterocycles. The van der Waals surface area contributed by atoms with E-state index in [9.17, 15) is 4.79 Å². The third-order valence-electron chi connectivity index (χ3n) is 2.70. The highest BCUT2D eigenvalue weighted by Gasteiger charge is 2.08. The number of aliphatic hydroxyl groups is 1. The third-order valence-corrected chi connectivity index (χ3v) is 2.70. The van der Waals surface area contributed by atoms with Gasteiger partial charge in [0.2, 0.25) is 0 Å². The second kappa shape index (κ2) is 9.20. The number of hydrogen-bond acceptors (Lipinski definition) is 4. The van der Waals surface area contributed by atoms with Crippen LogP contribution in [0.15, 0.2) is 18.2 Å². The van der Waals surface area contributed by atoms with Crippen LogP contribution in [0.5, 0.6) is 11.5 Å². The molecule has 1 rings (SSSR count). The summed E-state index contributed by atoms with van der Waals surface area (Å²) in [6.07, 6.45) is 2.00. The molecule has 5 nitrogen and oxygen atoms in total. The lowest BCUT2D eigenvalue weighted by molar-refractivity contribution is -0.123. The molecule has 112 valence electrons. The van der Waals surface area contributed by atoms with Crippen LogP contribution in [0, 0.1) is 0 Å². The first kappa shape index (κ1) is 16.3. The minimum absolute atomic E-state index is 0.0394. The van der Waals surface area contributed by atoms with Gasteiger partial charge in [-0.3, -0.25) is 4.79 Å². The first-order valence-corrected chi connectivity index (χ1v) is 6.97. The van der Waals surface area contributed by atoms with Crippen molar-refractivity contribution >= 4 is 5.91 Å². The highest BCUT2D eigenvalue weighted by Crippen LogP contribution is 2.28. The van der Waals surface area contributed by atoms with Crippen molar-refractivity contribution in [3.05, 3.63) is 23.8 Å². The maximum absolute atomic E-state index is 11.6. The van der Waals surface area contributed by atoms with Crippen LogP contribution in [0.1, 0.15) is 32.3 Å². The molecule has 0 fully saturated rings. The lowest BCUT2D eigenvalue weighted by atomic mass is 10.2. The van der Waals surface area contributed by atoms with Crippen LogP contribution in [0.2, 0.25) is 0 Å². The minimum Gasteiger partial charge on any atom is -0.490 e. The predicted octanol–water partition coefficient (Wildman–Crippen LogP) is 1.87. The van der Waals surface area contributed by atoms with E-state index in [0.717, 1.165) is 18.4 Å². The summed E-state index contributed by atoms with van der Waals surface area (Å²) in [6.45, 7) is 5.00. The van der Waals surface area contributed by atoms with E-state index in [-0.39, 0.29) is 19.1 Å². The molecule has 0 aliphatic carbocycles. The maximum atomic E-state index is 11.6. The molecule has 0 saturated carbocycles. The first-order valence-electron chi connectivity index (χ1n) is 6.97. The van der Waals surface area contributed by atoms with E-state index in [1.54, 1.807) is 18.2 Å². The Labute approximate surface area is 119 Å².